The molecule has 5 aromatic carbocycles. The third kappa shape index (κ3) is 11.5. The predicted octanol–water partition coefficient (Wildman–Crippen LogP) is 8.93. The summed E-state index contributed by atoms with van der Waals surface area (Å²) in [5.74, 6) is -1.54. The van der Waals surface area contributed by atoms with Crippen molar-refractivity contribution >= 4 is 66.7 Å². The van der Waals surface area contributed by atoms with E-state index in [4.69, 9.17) is 37.9 Å². The van der Waals surface area contributed by atoms with Gasteiger partial charge in [0.15, 0.2) is 0 Å². The van der Waals surface area contributed by atoms with Crippen LogP contribution in [0.5, 0.6) is 0 Å². The van der Waals surface area contributed by atoms with Gasteiger partial charge in [-0.25, -0.2) is 0 Å². The van der Waals surface area contributed by atoms with Crippen LogP contribution in [0.4, 0.5) is 0 Å². The first kappa shape index (κ1) is 53.6. The van der Waals surface area contributed by atoms with Crippen LogP contribution in [0, 0.1) is 10.8 Å². The third-order valence-electron chi connectivity index (χ3n) is 12.8. The van der Waals surface area contributed by atoms with Gasteiger partial charge in [0.25, 0.3) is 23.6 Å². The summed E-state index contributed by atoms with van der Waals surface area (Å²) in [4.78, 5) is 59.6. The molecule has 380 valence electrons. The van der Waals surface area contributed by atoms with Crippen molar-refractivity contribution in [3.05, 3.63) is 147 Å². The zero-order valence-electron chi connectivity index (χ0n) is 41.3. The number of carbonyl (C=O) groups excluding carboxylic acids is 4. The average molecular weight is 983 g/mol. The van der Waals surface area contributed by atoms with Crippen LogP contribution in [0.1, 0.15) is 54.3 Å². The summed E-state index contributed by atoms with van der Waals surface area (Å²) in [6.07, 6.45) is 10.8. The fourth-order valence-corrected chi connectivity index (χ4v) is 9.65. The van der Waals surface area contributed by atoms with Gasteiger partial charge in [-0.2, -0.15) is 0 Å². The molecule has 4 amide bonds. The van der Waals surface area contributed by atoms with Crippen molar-refractivity contribution in [1.82, 2.24) is 9.80 Å². The number of amides is 4. The lowest BCUT2D eigenvalue weighted by Crippen LogP contribution is -2.43. The number of hydrogen-bond donors (Lipinski definition) is 0. The van der Waals surface area contributed by atoms with Gasteiger partial charge in [-0.05, 0) is 69.4 Å². The molecule has 0 aromatic heterocycles. The molecule has 14 heteroatoms. The molecule has 0 fully saturated rings. The molecule has 0 saturated carbocycles. The van der Waals surface area contributed by atoms with Crippen molar-refractivity contribution in [3.8, 4) is 0 Å². The smallest absolute Gasteiger partial charge is 0.261 e. The molecule has 2 aliphatic heterocycles. The summed E-state index contributed by atoms with van der Waals surface area (Å²) in [6.45, 7) is 27.7. The van der Waals surface area contributed by atoms with Crippen LogP contribution in [0.2, 0.25) is 0 Å². The Morgan fingerprint density at radius 2 is 0.583 bits per heavy atom. The van der Waals surface area contributed by atoms with Gasteiger partial charge in [-0.1, -0.05) is 60.7 Å². The molecule has 2 aliphatic rings. The highest BCUT2D eigenvalue weighted by atomic mass is 16.5. The first-order valence-corrected chi connectivity index (χ1v) is 24.3. The molecule has 0 atom stereocenters. The van der Waals surface area contributed by atoms with Crippen LogP contribution in [-0.4, -0.2) is 152 Å². The molecule has 2 heterocycles. The Hall–Kier alpha value is -6.20. The molecule has 0 N–H and O–H groups in total. The SMILES string of the molecule is C=CCOCC(COCC=C)(COCC=C)COCCCN1C(=O)c2ccc3c4ccc5c6c(ccc(c7ccc(c2c37)C1=O)c64)C(=O)N(CCCOCC(COCC=C)(COCC=C)COCC=C)C5=O. The zero-order chi connectivity index (χ0) is 51.1. The van der Waals surface area contributed by atoms with Crippen molar-refractivity contribution in [2.24, 2.45) is 10.8 Å². The van der Waals surface area contributed by atoms with Crippen molar-refractivity contribution in [2.45, 2.75) is 12.8 Å². The maximum absolute atomic E-state index is 14.3. The molecule has 7 rings (SSSR count). The summed E-state index contributed by atoms with van der Waals surface area (Å²) in [6, 6.07) is 14.7. The van der Waals surface area contributed by atoms with E-state index in [0.717, 1.165) is 32.3 Å². The predicted molar refractivity (Wildman–Crippen MR) is 280 cm³/mol. The standard InChI is InChI=1S/C58H66N2O12/c1-7-25-65-33-57(34-66-26-8-2,35-67-27-9-3)39-71-31-13-23-59-53(61)45-19-15-41-43-17-21-47-52-48(22-18-44(50(43)52)42-16-20-46(54(59)62)51(45)49(41)42)56(64)60(55(47)63)24-14-32-72-40-58(36-68-28-10-4,37-69-29-11-5)38-70-30-12-6/h7-12,15-22H,1-6,13-14,23-40H2. The summed E-state index contributed by atoms with van der Waals surface area (Å²) in [5.41, 5.74) is 0.443. The fourth-order valence-electron chi connectivity index (χ4n) is 9.65. The molecule has 0 radical (unpaired) electrons. The Morgan fingerprint density at radius 3 is 0.819 bits per heavy atom. The quantitative estimate of drug-likeness (QED) is 0.0124. The van der Waals surface area contributed by atoms with Crippen LogP contribution in [0.25, 0.3) is 43.1 Å². The Labute approximate surface area is 421 Å². The third-order valence-corrected chi connectivity index (χ3v) is 12.8. The molecule has 0 unspecified atom stereocenters. The van der Waals surface area contributed by atoms with Gasteiger partial charge >= 0.3 is 0 Å². The average Bonchev–Trinajstić information content (AvgIpc) is 3.38. The summed E-state index contributed by atoms with van der Waals surface area (Å²) >= 11 is 0. The van der Waals surface area contributed by atoms with E-state index in [1.165, 1.54) is 9.80 Å². The molecule has 0 aliphatic carbocycles. The Morgan fingerprint density at radius 1 is 0.347 bits per heavy atom. The summed E-state index contributed by atoms with van der Waals surface area (Å²) in [7, 11) is 0. The van der Waals surface area contributed by atoms with Gasteiger partial charge in [0.05, 0.1) is 103 Å². The maximum Gasteiger partial charge on any atom is 0.261 e. The van der Waals surface area contributed by atoms with E-state index in [2.05, 4.69) is 39.5 Å². The van der Waals surface area contributed by atoms with E-state index in [-0.39, 0.29) is 63.1 Å². The number of hydrogen-bond acceptors (Lipinski definition) is 12. The van der Waals surface area contributed by atoms with E-state index in [1.807, 2.05) is 24.3 Å². The number of fused-ring (bicyclic) bond motifs is 2. The van der Waals surface area contributed by atoms with Crippen LogP contribution in [0.3, 0.4) is 0 Å². The van der Waals surface area contributed by atoms with Gasteiger partial charge in [0, 0.05) is 59.3 Å². The highest BCUT2D eigenvalue weighted by molar-refractivity contribution is 6.41. The minimum atomic E-state index is -0.632. The number of imide groups is 2. The van der Waals surface area contributed by atoms with Crippen LogP contribution in [-0.2, 0) is 37.9 Å². The van der Waals surface area contributed by atoms with Crippen molar-refractivity contribution in [3.63, 3.8) is 0 Å². The van der Waals surface area contributed by atoms with Crippen molar-refractivity contribution in [1.29, 1.82) is 0 Å². The highest BCUT2D eigenvalue weighted by Gasteiger charge is 2.38. The summed E-state index contributed by atoms with van der Waals surface area (Å²) in [5, 5.41) is 6.00. The lowest BCUT2D eigenvalue weighted by molar-refractivity contribution is -0.0979. The number of rotatable bonds is 36. The Kier molecular flexibility index (Phi) is 18.9. The lowest BCUT2D eigenvalue weighted by atomic mass is 9.82. The normalized spacial score (nSPS) is 13.8. The van der Waals surface area contributed by atoms with Gasteiger partial charge in [-0.15, -0.1) is 39.5 Å². The van der Waals surface area contributed by atoms with E-state index in [9.17, 15) is 19.2 Å². The van der Waals surface area contributed by atoms with E-state index < -0.39 is 10.8 Å². The first-order valence-electron chi connectivity index (χ1n) is 24.3. The second-order valence-electron chi connectivity index (χ2n) is 18.3. The lowest BCUT2D eigenvalue weighted by Gasteiger charge is -2.33. The van der Waals surface area contributed by atoms with E-state index >= 15 is 0 Å². The molecule has 5 aromatic rings. The maximum atomic E-state index is 14.3. The highest BCUT2D eigenvalue weighted by Crippen LogP contribution is 2.46. The van der Waals surface area contributed by atoms with E-state index in [0.29, 0.717) is 125 Å². The Balaban J connectivity index is 1.06. The zero-order valence-corrected chi connectivity index (χ0v) is 41.3. The monoisotopic (exact) mass is 982 g/mol. The molecule has 0 spiro atoms. The number of nitrogens with zero attached hydrogens (tertiary/aromatic N) is 2. The largest absolute Gasteiger partial charge is 0.381 e. The van der Waals surface area contributed by atoms with Gasteiger partial charge in [0.1, 0.15) is 0 Å². The number of carbonyl (C=O) groups is 4. The molecule has 0 bridgehead atoms. The fraction of sp³-hybridized carbons (Fsp3) is 0.379. The van der Waals surface area contributed by atoms with Crippen molar-refractivity contribution < 1.29 is 57.1 Å². The van der Waals surface area contributed by atoms with Gasteiger partial charge in [0.2, 0.25) is 0 Å². The second kappa shape index (κ2) is 25.5. The molecule has 72 heavy (non-hydrogen) atoms. The first-order chi connectivity index (χ1) is 35.1. The molecule has 14 nitrogen and oxygen atoms in total. The molecular weight excluding hydrogens is 917 g/mol. The molecule has 0 saturated heterocycles. The topological polar surface area (TPSA) is 149 Å². The minimum Gasteiger partial charge on any atom is -0.381 e. The number of ether oxygens (including phenoxy) is 8. The molecular formula is C58H66N2O12. The summed E-state index contributed by atoms with van der Waals surface area (Å²) < 4.78 is 47.5. The van der Waals surface area contributed by atoms with Crippen LogP contribution in [0.15, 0.2) is 124 Å². The van der Waals surface area contributed by atoms with E-state index in [1.54, 1.807) is 60.7 Å². The minimum absolute atomic E-state index is 0.145. The number of benzene rings is 5. The van der Waals surface area contributed by atoms with Crippen LogP contribution >= 0.6 is 0 Å². The van der Waals surface area contributed by atoms with Crippen molar-refractivity contribution in [2.75, 3.05) is 119 Å². The van der Waals surface area contributed by atoms with Gasteiger partial charge in [-0.3, -0.25) is 29.0 Å². The van der Waals surface area contributed by atoms with Crippen LogP contribution < -0.4 is 0 Å². The Bertz CT molecular complexity index is 2430. The second-order valence-corrected chi connectivity index (χ2v) is 18.3. The van der Waals surface area contributed by atoms with Gasteiger partial charge < -0.3 is 37.9 Å².